The Kier molecular flexibility index (Phi) is 3.57. The third-order valence-electron chi connectivity index (χ3n) is 2.76. The summed E-state index contributed by atoms with van der Waals surface area (Å²) >= 11 is 0. The van der Waals surface area contributed by atoms with Gasteiger partial charge in [-0.15, -0.1) is 0 Å². The molecule has 6 nitrogen and oxygen atoms in total. The lowest BCUT2D eigenvalue weighted by atomic mass is 10.3. The number of rotatable bonds is 3. The second-order valence-corrected chi connectivity index (χ2v) is 4.31. The number of carbonyl (C=O) groups is 1. The van der Waals surface area contributed by atoms with Gasteiger partial charge >= 0.3 is 0 Å². The molecule has 8 heteroatoms. The van der Waals surface area contributed by atoms with Crippen molar-refractivity contribution >= 4 is 11.6 Å². The van der Waals surface area contributed by atoms with E-state index in [-0.39, 0.29) is 11.4 Å². The number of halogens is 2. The molecule has 0 fully saturated rings. The number of amides is 1. The third kappa shape index (κ3) is 2.95. The topological polar surface area (TPSA) is 72.7 Å². The zero-order valence-corrected chi connectivity index (χ0v) is 11.1. The SMILES string of the molecule is O=C(Nc1cc(F)nc(F)c1)c1cccc(-n2ccnc2)n1. The summed E-state index contributed by atoms with van der Waals surface area (Å²) in [6, 6.07) is 6.67. The molecule has 0 saturated heterocycles. The highest BCUT2D eigenvalue weighted by molar-refractivity contribution is 6.02. The van der Waals surface area contributed by atoms with Gasteiger partial charge in [0.2, 0.25) is 11.9 Å². The first kappa shape index (κ1) is 13.8. The van der Waals surface area contributed by atoms with Gasteiger partial charge in [-0.05, 0) is 12.1 Å². The molecule has 3 aromatic rings. The Balaban J connectivity index is 1.85. The van der Waals surface area contributed by atoms with Crippen LogP contribution in [0.4, 0.5) is 14.5 Å². The minimum Gasteiger partial charge on any atom is -0.320 e. The van der Waals surface area contributed by atoms with Gasteiger partial charge in [0, 0.05) is 24.5 Å². The minimum absolute atomic E-state index is 0.0372. The molecule has 0 saturated carbocycles. The molecule has 3 rings (SSSR count). The summed E-state index contributed by atoms with van der Waals surface area (Å²) in [5.74, 6) is -2.13. The lowest BCUT2D eigenvalue weighted by molar-refractivity contribution is 0.102. The molecular formula is C14H9F2N5O. The van der Waals surface area contributed by atoms with Crippen LogP contribution >= 0.6 is 0 Å². The predicted octanol–water partition coefficient (Wildman–Crippen LogP) is 2.19. The number of hydrogen-bond donors (Lipinski definition) is 1. The second kappa shape index (κ2) is 5.68. The number of hydrogen-bond acceptors (Lipinski definition) is 4. The molecule has 3 heterocycles. The van der Waals surface area contributed by atoms with Crippen LogP contribution in [0.3, 0.4) is 0 Å². The summed E-state index contributed by atoms with van der Waals surface area (Å²) < 4.78 is 27.6. The van der Waals surface area contributed by atoms with Gasteiger partial charge in [0.05, 0.1) is 5.69 Å². The van der Waals surface area contributed by atoms with E-state index >= 15 is 0 Å². The molecule has 1 amide bonds. The van der Waals surface area contributed by atoms with Crippen LogP contribution in [-0.4, -0.2) is 25.4 Å². The summed E-state index contributed by atoms with van der Waals surface area (Å²) in [7, 11) is 0. The van der Waals surface area contributed by atoms with Crippen LogP contribution in [0.25, 0.3) is 5.82 Å². The van der Waals surface area contributed by atoms with Crippen LogP contribution in [0.1, 0.15) is 10.5 Å². The van der Waals surface area contributed by atoms with E-state index in [2.05, 4.69) is 20.3 Å². The third-order valence-corrected chi connectivity index (χ3v) is 2.76. The van der Waals surface area contributed by atoms with Gasteiger partial charge in [-0.2, -0.15) is 13.8 Å². The van der Waals surface area contributed by atoms with E-state index in [0.717, 1.165) is 12.1 Å². The lowest BCUT2D eigenvalue weighted by Gasteiger charge is -2.06. The monoisotopic (exact) mass is 301 g/mol. The van der Waals surface area contributed by atoms with Crippen molar-refractivity contribution < 1.29 is 13.6 Å². The molecule has 0 radical (unpaired) electrons. The first-order valence-electron chi connectivity index (χ1n) is 6.21. The summed E-state index contributed by atoms with van der Waals surface area (Å²) in [5, 5.41) is 2.37. The number of carbonyl (C=O) groups excluding carboxylic acids is 1. The van der Waals surface area contributed by atoms with Gasteiger partial charge in [-0.3, -0.25) is 9.36 Å². The van der Waals surface area contributed by atoms with Gasteiger partial charge in [-0.25, -0.2) is 9.97 Å². The number of imidazole rings is 1. The Morgan fingerprint density at radius 3 is 2.59 bits per heavy atom. The Morgan fingerprint density at radius 2 is 1.91 bits per heavy atom. The molecule has 0 bridgehead atoms. The Labute approximate surface area is 123 Å². The fourth-order valence-electron chi connectivity index (χ4n) is 1.82. The second-order valence-electron chi connectivity index (χ2n) is 4.31. The van der Waals surface area contributed by atoms with E-state index in [0.29, 0.717) is 5.82 Å². The molecule has 0 aliphatic heterocycles. The molecule has 0 atom stereocenters. The predicted molar refractivity (Wildman–Crippen MR) is 73.5 cm³/mol. The van der Waals surface area contributed by atoms with Gasteiger partial charge in [0.15, 0.2) is 0 Å². The molecule has 22 heavy (non-hydrogen) atoms. The van der Waals surface area contributed by atoms with E-state index in [1.54, 1.807) is 29.1 Å². The van der Waals surface area contributed by atoms with Crippen molar-refractivity contribution in [1.29, 1.82) is 0 Å². The van der Waals surface area contributed by atoms with Crippen molar-refractivity contribution in [3.8, 4) is 5.82 Å². The molecular weight excluding hydrogens is 292 g/mol. The van der Waals surface area contributed by atoms with Gasteiger partial charge in [-0.1, -0.05) is 6.07 Å². The van der Waals surface area contributed by atoms with Crippen LogP contribution in [0, 0.1) is 11.9 Å². The van der Waals surface area contributed by atoms with E-state index in [1.807, 2.05) is 0 Å². The number of pyridine rings is 2. The van der Waals surface area contributed by atoms with Gasteiger partial charge in [0.25, 0.3) is 5.91 Å². The smallest absolute Gasteiger partial charge is 0.274 e. The first-order valence-corrected chi connectivity index (χ1v) is 6.21. The Bertz CT molecular complexity index is 800. The van der Waals surface area contributed by atoms with E-state index < -0.39 is 17.8 Å². The summed E-state index contributed by atoms with van der Waals surface area (Å²) in [5.41, 5.74) is 0.0636. The molecule has 0 spiro atoms. The quantitative estimate of drug-likeness (QED) is 0.753. The van der Waals surface area contributed by atoms with Crippen molar-refractivity contribution in [2.24, 2.45) is 0 Å². The Morgan fingerprint density at radius 1 is 1.14 bits per heavy atom. The number of nitrogens with one attached hydrogen (secondary N) is 1. The maximum absolute atomic E-state index is 13.0. The first-order chi connectivity index (χ1) is 10.6. The molecule has 0 aliphatic rings. The van der Waals surface area contributed by atoms with Crippen LogP contribution in [-0.2, 0) is 0 Å². The molecule has 1 N–H and O–H groups in total. The lowest BCUT2D eigenvalue weighted by Crippen LogP contribution is -2.15. The summed E-state index contributed by atoms with van der Waals surface area (Å²) in [4.78, 5) is 23.1. The average molecular weight is 301 g/mol. The van der Waals surface area contributed by atoms with Crippen molar-refractivity contribution in [3.05, 3.63) is 66.6 Å². The fraction of sp³-hybridized carbons (Fsp3) is 0. The highest BCUT2D eigenvalue weighted by Crippen LogP contribution is 2.12. The highest BCUT2D eigenvalue weighted by atomic mass is 19.1. The van der Waals surface area contributed by atoms with E-state index in [1.165, 1.54) is 12.4 Å². The van der Waals surface area contributed by atoms with Gasteiger partial charge in [0.1, 0.15) is 17.8 Å². The normalized spacial score (nSPS) is 10.5. The zero-order valence-electron chi connectivity index (χ0n) is 11.1. The number of anilines is 1. The Hall–Kier alpha value is -3.16. The molecule has 110 valence electrons. The summed E-state index contributed by atoms with van der Waals surface area (Å²) in [6.07, 6.45) is 4.80. The van der Waals surface area contributed by atoms with Crippen molar-refractivity contribution in [2.45, 2.75) is 0 Å². The van der Waals surface area contributed by atoms with Gasteiger partial charge < -0.3 is 5.32 Å². The number of aromatic nitrogens is 4. The maximum Gasteiger partial charge on any atom is 0.274 e. The largest absolute Gasteiger partial charge is 0.320 e. The standard InChI is InChI=1S/C14H9F2N5O/c15-11-6-9(7-12(16)20-11)18-14(22)10-2-1-3-13(19-10)21-5-4-17-8-21/h1-8H,(H,18,20,22). The zero-order chi connectivity index (χ0) is 15.5. The molecule has 0 aliphatic carbocycles. The highest BCUT2D eigenvalue weighted by Gasteiger charge is 2.11. The molecule has 3 aromatic heterocycles. The van der Waals surface area contributed by atoms with Crippen molar-refractivity contribution in [2.75, 3.05) is 5.32 Å². The van der Waals surface area contributed by atoms with Crippen LogP contribution in [0.15, 0.2) is 49.1 Å². The van der Waals surface area contributed by atoms with Crippen molar-refractivity contribution in [1.82, 2.24) is 19.5 Å². The fourth-order valence-corrected chi connectivity index (χ4v) is 1.82. The maximum atomic E-state index is 13.0. The average Bonchev–Trinajstić information content (AvgIpc) is 3.00. The number of nitrogens with zero attached hydrogens (tertiary/aromatic N) is 4. The summed E-state index contributed by atoms with van der Waals surface area (Å²) in [6.45, 7) is 0. The minimum atomic E-state index is -1.02. The van der Waals surface area contributed by atoms with Crippen molar-refractivity contribution in [3.63, 3.8) is 0 Å². The van der Waals surface area contributed by atoms with Crippen LogP contribution in [0.5, 0.6) is 0 Å². The molecule has 0 aromatic carbocycles. The van der Waals surface area contributed by atoms with E-state index in [4.69, 9.17) is 0 Å². The van der Waals surface area contributed by atoms with Crippen LogP contribution < -0.4 is 5.32 Å². The van der Waals surface area contributed by atoms with Crippen LogP contribution in [0.2, 0.25) is 0 Å². The van der Waals surface area contributed by atoms with E-state index in [9.17, 15) is 13.6 Å². The molecule has 0 unspecified atom stereocenters.